The quantitative estimate of drug-likeness (QED) is 0.356. The van der Waals surface area contributed by atoms with Gasteiger partial charge in [-0.3, -0.25) is 19.7 Å². The predicted octanol–water partition coefficient (Wildman–Crippen LogP) is 3.90. The van der Waals surface area contributed by atoms with Crippen LogP contribution in [0.1, 0.15) is 34.1 Å². The largest absolute Gasteiger partial charge is 0.293 e. The van der Waals surface area contributed by atoms with Crippen molar-refractivity contribution in [3.63, 3.8) is 0 Å². The Morgan fingerprint density at radius 3 is 2.25 bits per heavy atom. The minimum atomic E-state index is -0.576. The van der Waals surface area contributed by atoms with E-state index in [1.165, 1.54) is 17.8 Å². The van der Waals surface area contributed by atoms with Crippen molar-refractivity contribution in [2.45, 2.75) is 18.2 Å². The van der Waals surface area contributed by atoms with E-state index in [4.69, 9.17) is 0 Å². The first-order valence-electron chi connectivity index (χ1n) is 7.43. The molecular formula is C17H14N2O4S. The normalized spacial score (nSPS) is 13.3. The van der Waals surface area contributed by atoms with Gasteiger partial charge in [0.2, 0.25) is 0 Å². The molecule has 0 aliphatic carbocycles. The van der Waals surface area contributed by atoms with Gasteiger partial charge in [0.05, 0.1) is 16.1 Å². The number of nitrogens with zero attached hydrogens (tertiary/aromatic N) is 2. The van der Waals surface area contributed by atoms with Crippen molar-refractivity contribution < 1.29 is 14.5 Å². The third-order valence-electron chi connectivity index (χ3n) is 3.65. The molecule has 3 rings (SSSR count). The van der Waals surface area contributed by atoms with E-state index >= 15 is 0 Å². The number of hydrogen-bond acceptors (Lipinski definition) is 5. The molecule has 0 spiro atoms. The lowest BCUT2D eigenvalue weighted by molar-refractivity contribution is -0.384. The molecule has 0 saturated heterocycles. The maximum atomic E-state index is 12.6. The maximum Gasteiger partial charge on any atom is 0.293 e. The second kappa shape index (κ2) is 6.45. The fourth-order valence-electron chi connectivity index (χ4n) is 2.55. The molecule has 122 valence electrons. The smallest absolute Gasteiger partial charge is 0.268 e. The standard InChI is InChI=1S/C17H14N2O4S/c1-2-9-24-11-7-8-14(19(22)23)15(10-11)18-16(20)12-5-3-4-6-13(12)17(18)21/h3-8,10H,2,9H2,1H3. The van der Waals surface area contributed by atoms with Crippen LogP contribution >= 0.6 is 11.8 Å². The van der Waals surface area contributed by atoms with Gasteiger partial charge in [0.25, 0.3) is 17.5 Å². The van der Waals surface area contributed by atoms with Crippen molar-refractivity contribution in [3.8, 4) is 0 Å². The minimum Gasteiger partial charge on any atom is -0.268 e. The van der Waals surface area contributed by atoms with Gasteiger partial charge in [-0.05, 0) is 36.4 Å². The second-order valence-corrected chi connectivity index (χ2v) is 6.42. The summed E-state index contributed by atoms with van der Waals surface area (Å²) in [6.45, 7) is 2.03. The van der Waals surface area contributed by atoms with E-state index < -0.39 is 16.7 Å². The van der Waals surface area contributed by atoms with Gasteiger partial charge in [0.15, 0.2) is 0 Å². The Kier molecular flexibility index (Phi) is 4.35. The summed E-state index contributed by atoms with van der Waals surface area (Å²) in [5.74, 6) is -0.216. The summed E-state index contributed by atoms with van der Waals surface area (Å²) in [6.07, 6.45) is 0.948. The van der Waals surface area contributed by atoms with E-state index in [-0.39, 0.29) is 22.5 Å². The van der Waals surface area contributed by atoms with Crippen molar-refractivity contribution in [3.05, 3.63) is 63.7 Å². The van der Waals surface area contributed by atoms with E-state index in [1.54, 1.807) is 36.4 Å². The number of imide groups is 1. The van der Waals surface area contributed by atoms with Crippen LogP contribution in [0.4, 0.5) is 11.4 Å². The molecule has 0 bridgehead atoms. The number of nitro groups is 1. The number of hydrogen-bond donors (Lipinski definition) is 0. The first kappa shape index (κ1) is 16.2. The zero-order valence-corrected chi connectivity index (χ0v) is 13.7. The number of rotatable bonds is 5. The molecule has 0 unspecified atom stereocenters. The van der Waals surface area contributed by atoms with Crippen molar-refractivity contribution in [2.75, 3.05) is 10.7 Å². The van der Waals surface area contributed by atoms with Crippen LogP contribution < -0.4 is 4.90 Å². The molecule has 0 atom stereocenters. The molecule has 2 aromatic rings. The third-order valence-corrected chi connectivity index (χ3v) is 4.85. The van der Waals surface area contributed by atoms with Gasteiger partial charge in [-0.25, -0.2) is 4.90 Å². The summed E-state index contributed by atoms with van der Waals surface area (Å²) < 4.78 is 0. The van der Waals surface area contributed by atoms with Crippen LogP contribution in [0.3, 0.4) is 0 Å². The van der Waals surface area contributed by atoms with Gasteiger partial charge in [0, 0.05) is 11.0 Å². The third kappa shape index (κ3) is 2.67. The molecular weight excluding hydrogens is 328 g/mol. The molecule has 0 aromatic heterocycles. The van der Waals surface area contributed by atoms with Crippen LogP contribution in [-0.2, 0) is 0 Å². The van der Waals surface area contributed by atoms with E-state index in [0.717, 1.165) is 22.0 Å². The van der Waals surface area contributed by atoms with E-state index in [9.17, 15) is 19.7 Å². The number of benzene rings is 2. The highest BCUT2D eigenvalue weighted by Crippen LogP contribution is 2.37. The summed E-state index contributed by atoms with van der Waals surface area (Å²) in [5.41, 5.74) is 0.296. The van der Waals surface area contributed by atoms with Gasteiger partial charge < -0.3 is 0 Å². The van der Waals surface area contributed by atoms with E-state index in [1.807, 2.05) is 6.92 Å². The number of nitro benzene ring substituents is 1. The van der Waals surface area contributed by atoms with Crippen LogP contribution in [-0.4, -0.2) is 22.5 Å². The lowest BCUT2D eigenvalue weighted by atomic mass is 10.1. The fraction of sp³-hybridized carbons (Fsp3) is 0.176. The SMILES string of the molecule is CCCSc1ccc([N+](=O)[O-])c(N2C(=O)c3ccccc3C2=O)c1. The van der Waals surface area contributed by atoms with E-state index in [2.05, 4.69) is 0 Å². The summed E-state index contributed by atoms with van der Waals surface area (Å²) in [7, 11) is 0. The number of anilines is 1. The first-order chi connectivity index (χ1) is 11.5. The van der Waals surface area contributed by atoms with Crippen LogP contribution in [0.15, 0.2) is 47.4 Å². The minimum absolute atomic E-state index is 0.0207. The zero-order valence-electron chi connectivity index (χ0n) is 12.9. The summed E-state index contributed by atoms with van der Waals surface area (Å²) in [6, 6.07) is 11.0. The molecule has 0 saturated carbocycles. The summed E-state index contributed by atoms with van der Waals surface area (Å²) in [4.78, 5) is 37.6. The Bertz CT molecular complexity index is 815. The molecule has 1 aliphatic heterocycles. The molecule has 0 radical (unpaired) electrons. The number of carbonyl (C=O) groups excluding carboxylic acids is 2. The van der Waals surface area contributed by atoms with Crippen LogP contribution in [0.2, 0.25) is 0 Å². The molecule has 24 heavy (non-hydrogen) atoms. The van der Waals surface area contributed by atoms with Crippen molar-refractivity contribution in [1.29, 1.82) is 0 Å². The highest BCUT2D eigenvalue weighted by molar-refractivity contribution is 7.99. The first-order valence-corrected chi connectivity index (χ1v) is 8.42. The van der Waals surface area contributed by atoms with Gasteiger partial charge in [0.1, 0.15) is 5.69 Å². The Morgan fingerprint density at radius 1 is 1.08 bits per heavy atom. The summed E-state index contributed by atoms with van der Waals surface area (Å²) >= 11 is 1.53. The fourth-order valence-corrected chi connectivity index (χ4v) is 3.35. The van der Waals surface area contributed by atoms with Gasteiger partial charge in [-0.2, -0.15) is 0 Å². The number of carbonyl (C=O) groups is 2. The Morgan fingerprint density at radius 2 is 1.71 bits per heavy atom. The summed E-state index contributed by atoms with van der Waals surface area (Å²) in [5, 5.41) is 11.3. The average Bonchev–Trinajstić information content (AvgIpc) is 2.84. The number of amides is 2. The van der Waals surface area contributed by atoms with Crippen LogP contribution in [0, 0.1) is 10.1 Å². The molecule has 1 heterocycles. The molecule has 0 N–H and O–H groups in total. The average molecular weight is 342 g/mol. The molecule has 6 nitrogen and oxygen atoms in total. The van der Waals surface area contributed by atoms with Gasteiger partial charge in [-0.1, -0.05) is 19.1 Å². The highest BCUT2D eigenvalue weighted by atomic mass is 32.2. The van der Waals surface area contributed by atoms with Gasteiger partial charge >= 0.3 is 0 Å². The van der Waals surface area contributed by atoms with Crippen LogP contribution in [0.25, 0.3) is 0 Å². The lowest BCUT2D eigenvalue weighted by Crippen LogP contribution is -2.30. The number of thioether (sulfide) groups is 1. The lowest BCUT2D eigenvalue weighted by Gasteiger charge is -2.15. The second-order valence-electron chi connectivity index (χ2n) is 5.25. The van der Waals surface area contributed by atoms with E-state index in [0.29, 0.717) is 0 Å². The molecule has 7 heteroatoms. The number of fused-ring (bicyclic) bond motifs is 1. The molecule has 2 amide bonds. The Labute approximate surface area is 142 Å². The molecule has 1 aliphatic rings. The Balaban J connectivity index is 2.09. The van der Waals surface area contributed by atoms with Crippen molar-refractivity contribution >= 4 is 35.0 Å². The maximum absolute atomic E-state index is 12.6. The van der Waals surface area contributed by atoms with Crippen molar-refractivity contribution in [1.82, 2.24) is 0 Å². The predicted molar refractivity (Wildman–Crippen MR) is 91.7 cm³/mol. The van der Waals surface area contributed by atoms with Crippen molar-refractivity contribution in [2.24, 2.45) is 0 Å². The highest BCUT2D eigenvalue weighted by Gasteiger charge is 2.39. The zero-order chi connectivity index (χ0) is 17.3. The molecule has 2 aromatic carbocycles. The Hall–Kier alpha value is -2.67. The van der Waals surface area contributed by atoms with Gasteiger partial charge in [-0.15, -0.1) is 11.8 Å². The topological polar surface area (TPSA) is 80.5 Å². The monoisotopic (exact) mass is 342 g/mol. The van der Waals surface area contributed by atoms with Crippen LogP contribution in [0.5, 0.6) is 0 Å². The molecule has 0 fully saturated rings.